The van der Waals surface area contributed by atoms with Gasteiger partial charge in [0, 0.05) is 16.3 Å². The molecule has 23 heavy (non-hydrogen) atoms. The molecule has 0 amide bonds. The maximum absolute atomic E-state index is 9.47. The van der Waals surface area contributed by atoms with E-state index >= 15 is 0 Å². The van der Waals surface area contributed by atoms with E-state index in [9.17, 15) is 5.26 Å². The number of thioether (sulfide) groups is 1. The highest BCUT2D eigenvalue weighted by Crippen LogP contribution is 2.33. The minimum absolute atomic E-state index is 0.450. The molecule has 1 aromatic heterocycles. The molecule has 3 aromatic rings. The summed E-state index contributed by atoms with van der Waals surface area (Å²) in [7, 11) is 0. The van der Waals surface area contributed by atoms with Crippen LogP contribution in [-0.4, -0.2) is 5.16 Å². The molecule has 0 unspecified atom stereocenters. The Labute approximate surface area is 143 Å². The largest absolute Gasteiger partial charge is 0.354 e. The summed E-state index contributed by atoms with van der Waals surface area (Å²) in [6.45, 7) is 2.07. The van der Waals surface area contributed by atoms with Crippen LogP contribution in [0.3, 0.4) is 0 Å². The topological polar surface area (TPSA) is 49.8 Å². The number of aryl methyl sites for hydroxylation is 1. The minimum Gasteiger partial charge on any atom is -0.354 e. The summed E-state index contributed by atoms with van der Waals surface area (Å²) >= 11 is 7.50. The summed E-state index contributed by atoms with van der Waals surface area (Å²) in [6, 6.07) is 17.6. The Hall–Kier alpha value is -2.22. The van der Waals surface area contributed by atoms with Crippen LogP contribution in [0.4, 0.5) is 0 Å². The second-order valence-electron chi connectivity index (χ2n) is 5.03. The van der Waals surface area contributed by atoms with Crippen molar-refractivity contribution in [2.24, 2.45) is 0 Å². The third kappa shape index (κ3) is 3.42. The lowest BCUT2D eigenvalue weighted by atomic mass is 10.1. The van der Waals surface area contributed by atoms with E-state index in [1.54, 1.807) is 12.1 Å². The quantitative estimate of drug-likeness (QED) is 0.591. The fraction of sp³-hybridized carbons (Fsp3) is 0.111. The number of hydrogen-bond acceptors (Lipinski definition) is 4. The fourth-order valence-corrected chi connectivity index (χ4v) is 3.40. The monoisotopic (exact) mass is 340 g/mol. The van der Waals surface area contributed by atoms with Crippen LogP contribution in [0.1, 0.15) is 16.7 Å². The van der Waals surface area contributed by atoms with E-state index in [2.05, 4.69) is 30.3 Å². The van der Waals surface area contributed by atoms with Gasteiger partial charge in [0.2, 0.25) is 0 Å². The SMILES string of the molecule is Cc1ccccc1CSc1noc(-c2cccc(Cl)c2)c1C#N. The highest BCUT2D eigenvalue weighted by Gasteiger charge is 2.18. The summed E-state index contributed by atoms with van der Waals surface area (Å²) in [4.78, 5) is 0. The zero-order valence-corrected chi connectivity index (χ0v) is 14.0. The van der Waals surface area contributed by atoms with E-state index in [0.717, 1.165) is 11.3 Å². The van der Waals surface area contributed by atoms with Gasteiger partial charge in [0.25, 0.3) is 0 Å². The molecule has 114 valence electrons. The molecule has 0 aliphatic carbocycles. The van der Waals surface area contributed by atoms with Gasteiger partial charge in [-0.2, -0.15) is 5.26 Å². The molecule has 2 aromatic carbocycles. The Morgan fingerprint density at radius 1 is 1.22 bits per heavy atom. The molecule has 0 N–H and O–H groups in total. The lowest BCUT2D eigenvalue weighted by molar-refractivity contribution is 0.415. The molecule has 1 heterocycles. The number of benzene rings is 2. The molecule has 0 bridgehead atoms. The third-order valence-electron chi connectivity index (χ3n) is 3.49. The Kier molecular flexibility index (Phi) is 4.71. The van der Waals surface area contributed by atoms with Crippen LogP contribution in [0.25, 0.3) is 11.3 Å². The summed E-state index contributed by atoms with van der Waals surface area (Å²) in [5.74, 6) is 1.20. The van der Waals surface area contributed by atoms with Crippen molar-refractivity contribution in [1.29, 1.82) is 5.26 Å². The molecule has 0 aliphatic rings. The first-order valence-corrected chi connectivity index (χ1v) is 8.38. The highest BCUT2D eigenvalue weighted by molar-refractivity contribution is 7.98. The Morgan fingerprint density at radius 2 is 2.04 bits per heavy atom. The molecule has 0 radical (unpaired) electrons. The average molecular weight is 341 g/mol. The minimum atomic E-state index is 0.450. The van der Waals surface area contributed by atoms with E-state index in [1.165, 1.54) is 22.9 Å². The van der Waals surface area contributed by atoms with Gasteiger partial charge >= 0.3 is 0 Å². The Balaban J connectivity index is 1.87. The van der Waals surface area contributed by atoms with Gasteiger partial charge in [-0.1, -0.05) is 64.9 Å². The van der Waals surface area contributed by atoms with Crippen molar-refractivity contribution in [3.8, 4) is 17.4 Å². The van der Waals surface area contributed by atoms with E-state index in [1.807, 2.05) is 24.3 Å². The lowest BCUT2D eigenvalue weighted by Gasteiger charge is -2.03. The van der Waals surface area contributed by atoms with Crippen LogP contribution >= 0.6 is 23.4 Å². The second-order valence-corrected chi connectivity index (χ2v) is 6.43. The van der Waals surface area contributed by atoms with Crippen LogP contribution < -0.4 is 0 Å². The Morgan fingerprint density at radius 3 is 2.78 bits per heavy atom. The molecule has 0 spiro atoms. The molecule has 0 saturated carbocycles. The van der Waals surface area contributed by atoms with Crippen molar-refractivity contribution in [3.63, 3.8) is 0 Å². The average Bonchev–Trinajstić information content (AvgIpc) is 2.97. The third-order valence-corrected chi connectivity index (χ3v) is 4.73. The van der Waals surface area contributed by atoms with Gasteiger partial charge in [-0.3, -0.25) is 0 Å². The van der Waals surface area contributed by atoms with Crippen molar-refractivity contribution >= 4 is 23.4 Å². The summed E-state index contributed by atoms with van der Waals surface area (Å²) in [5, 5.41) is 14.7. The lowest BCUT2D eigenvalue weighted by Crippen LogP contribution is -1.87. The Bertz CT molecular complexity index is 883. The number of rotatable bonds is 4. The highest BCUT2D eigenvalue weighted by atomic mass is 35.5. The summed E-state index contributed by atoms with van der Waals surface area (Å²) in [5.41, 5.74) is 3.64. The standard InChI is InChI=1S/C18H13ClN2OS/c1-12-5-2-3-6-14(12)11-23-18-16(10-20)17(22-21-18)13-7-4-8-15(19)9-13/h2-9H,11H2,1H3. The zero-order valence-electron chi connectivity index (χ0n) is 12.4. The second kappa shape index (κ2) is 6.91. The first kappa shape index (κ1) is 15.7. The normalized spacial score (nSPS) is 10.5. The summed E-state index contributed by atoms with van der Waals surface area (Å²) < 4.78 is 5.39. The molecule has 3 nitrogen and oxygen atoms in total. The number of aromatic nitrogens is 1. The maximum atomic E-state index is 9.47. The van der Waals surface area contributed by atoms with Crippen LogP contribution in [0, 0.1) is 18.3 Å². The van der Waals surface area contributed by atoms with E-state index in [-0.39, 0.29) is 0 Å². The van der Waals surface area contributed by atoms with E-state index in [4.69, 9.17) is 16.1 Å². The molecular weight excluding hydrogens is 328 g/mol. The van der Waals surface area contributed by atoms with E-state index in [0.29, 0.717) is 21.4 Å². The van der Waals surface area contributed by atoms with Gasteiger partial charge in [0.15, 0.2) is 10.8 Å². The maximum Gasteiger partial charge on any atom is 0.185 e. The van der Waals surface area contributed by atoms with Crippen LogP contribution in [-0.2, 0) is 5.75 Å². The molecule has 0 atom stereocenters. The van der Waals surface area contributed by atoms with Gasteiger partial charge in [-0.05, 0) is 30.2 Å². The molecule has 3 rings (SSSR count). The van der Waals surface area contributed by atoms with Crippen molar-refractivity contribution < 1.29 is 4.52 Å². The predicted octanol–water partition coefficient (Wildman–Crippen LogP) is 5.47. The molecule has 0 saturated heterocycles. The zero-order chi connectivity index (χ0) is 16.2. The van der Waals surface area contributed by atoms with Crippen LogP contribution in [0.15, 0.2) is 58.1 Å². The van der Waals surface area contributed by atoms with Gasteiger partial charge in [0.1, 0.15) is 11.6 Å². The first-order valence-electron chi connectivity index (χ1n) is 7.02. The fourth-order valence-electron chi connectivity index (χ4n) is 2.22. The van der Waals surface area contributed by atoms with Gasteiger partial charge in [-0.25, -0.2) is 0 Å². The van der Waals surface area contributed by atoms with Crippen molar-refractivity contribution in [1.82, 2.24) is 5.16 Å². The van der Waals surface area contributed by atoms with Crippen molar-refractivity contribution in [2.45, 2.75) is 17.7 Å². The predicted molar refractivity (Wildman–Crippen MR) is 92.4 cm³/mol. The van der Waals surface area contributed by atoms with Gasteiger partial charge < -0.3 is 4.52 Å². The van der Waals surface area contributed by atoms with Crippen molar-refractivity contribution in [3.05, 3.63) is 70.2 Å². The molecule has 5 heteroatoms. The number of nitriles is 1. The van der Waals surface area contributed by atoms with Gasteiger partial charge in [-0.15, -0.1) is 0 Å². The van der Waals surface area contributed by atoms with Crippen LogP contribution in [0.5, 0.6) is 0 Å². The number of hydrogen-bond donors (Lipinski definition) is 0. The molecular formula is C18H13ClN2OS. The van der Waals surface area contributed by atoms with Crippen molar-refractivity contribution in [2.75, 3.05) is 0 Å². The smallest absolute Gasteiger partial charge is 0.185 e. The summed E-state index contributed by atoms with van der Waals surface area (Å²) in [6.07, 6.45) is 0. The molecule has 0 aliphatic heterocycles. The van der Waals surface area contributed by atoms with Gasteiger partial charge in [0.05, 0.1) is 0 Å². The van der Waals surface area contributed by atoms with E-state index < -0.39 is 0 Å². The number of nitrogens with zero attached hydrogens (tertiary/aromatic N) is 2. The first-order chi connectivity index (χ1) is 11.2. The molecule has 0 fully saturated rings. The number of halogens is 1. The van der Waals surface area contributed by atoms with Crippen LogP contribution in [0.2, 0.25) is 5.02 Å².